The highest BCUT2D eigenvalue weighted by molar-refractivity contribution is 5.75. The number of allylic oxidation sites excluding steroid dienone is 1. The van der Waals surface area contributed by atoms with Gasteiger partial charge in [0, 0.05) is 0 Å². The van der Waals surface area contributed by atoms with Crippen LogP contribution in [0.1, 0.15) is 136 Å². The molecule has 0 saturated heterocycles. The molecule has 0 spiro atoms. The number of ether oxygens (including phenoxy) is 2. The first kappa shape index (κ1) is 32.6. The zero-order valence-corrected chi connectivity index (χ0v) is 22.7. The molecular formula is C29H55NO4. The quantitative estimate of drug-likeness (QED) is 0.0823. The third kappa shape index (κ3) is 23.8. The standard InChI is InChI=1S/C29H55NO4/c1-4-7-10-13-15-18-21-24-33-28(31)25-30-26-29(32)34-27(22-19-16-12-9-6-3)23-20-17-14-11-8-5-2/h18,21,27,30H,4-17,19-20,22-26H2,1-3H3/b21-18-. The summed E-state index contributed by atoms with van der Waals surface area (Å²) in [6, 6.07) is 0. The lowest BCUT2D eigenvalue weighted by Crippen LogP contribution is -2.32. The molecular weight excluding hydrogens is 426 g/mol. The zero-order chi connectivity index (χ0) is 25.1. The SMILES string of the molecule is CCCCCC/C=C\COC(=O)CNCC(=O)OC(CCCCCCC)CCCCCCCC. The second-order valence-corrected chi connectivity index (χ2v) is 9.48. The maximum atomic E-state index is 12.3. The van der Waals surface area contributed by atoms with E-state index in [1.54, 1.807) is 0 Å². The first-order valence-corrected chi connectivity index (χ1v) is 14.3. The molecule has 0 radical (unpaired) electrons. The number of hydrogen-bond donors (Lipinski definition) is 1. The number of carbonyl (C=O) groups excluding carboxylic acids is 2. The van der Waals surface area contributed by atoms with Gasteiger partial charge in [-0.1, -0.05) is 110 Å². The molecule has 0 aromatic carbocycles. The summed E-state index contributed by atoms with van der Waals surface area (Å²) in [5.41, 5.74) is 0. The molecule has 0 aliphatic rings. The Morgan fingerprint density at radius 1 is 0.647 bits per heavy atom. The van der Waals surface area contributed by atoms with Crippen molar-refractivity contribution < 1.29 is 19.1 Å². The largest absolute Gasteiger partial charge is 0.461 e. The van der Waals surface area contributed by atoms with Gasteiger partial charge in [-0.3, -0.25) is 14.9 Å². The topological polar surface area (TPSA) is 64.6 Å². The van der Waals surface area contributed by atoms with E-state index in [0.717, 1.165) is 32.1 Å². The van der Waals surface area contributed by atoms with Gasteiger partial charge in [0.2, 0.25) is 0 Å². The van der Waals surface area contributed by atoms with Crippen molar-refractivity contribution in [2.45, 2.75) is 142 Å². The van der Waals surface area contributed by atoms with E-state index < -0.39 is 0 Å². The molecule has 5 heteroatoms. The van der Waals surface area contributed by atoms with Crippen molar-refractivity contribution >= 4 is 11.9 Å². The van der Waals surface area contributed by atoms with Crippen molar-refractivity contribution in [2.75, 3.05) is 19.7 Å². The van der Waals surface area contributed by atoms with Crippen LogP contribution in [-0.4, -0.2) is 37.7 Å². The molecule has 0 rings (SSSR count). The van der Waals surface area contributed by atoms with Gasteiger partial charge in [0.25, 0.3) is 0 Å². The van der Waals surface area contributed by atoms with Crippen molar-refractivity contribution in [1.82, 2.24) is 5.32 Å². The molecule has 0 aromatic rings. The van der Waals surface area contributed by atoms with Gasteiger partial charge in [-0.2, -0.15) is 0 Å². The van der Waals surface area contributed by atoms with E-state index in [2.05, 4.69) is 32.2 Å². The van der Waals surface area contributed by atoms with Gasteiger partial charge in [-0.15, -0.1) is 0 Å². The fraction of sp³-hybridized carbons (Fsp3) is 0.862. The fourth-order valence-corrected chi connectivity index (χ4v) is 3.95. The summed E-state index contributed by atoms with van der Waals surface area (Å²) in [6.07, 6.45) is 25.3. The maximum absolute atomic E-state index is 12.3. The summed E-state index contributed by atoms with van der Waals surface area (Å²) in [7, 11) is 0. The van der Waals surface area contributed by atoms with E-state index in [1.165, 1.54) is 83.5 Å². The number of unbranched alkanes of at least 4 members (excludes halogenated alkanes) is 13. The molecule has 0 bridgehead atoms. The van der Waals surface area contributed by atoms with Crippen LogP contribution in [0, 0.1) is 0 Å². The van der Waals surface area contributed by atoms with Gasteiger partial charge in [0.15, 0.2) is 0 Å². The smallest absolute Gasteiger partial charge is 0.320 e. The first-order valence-electron chi connectivity index (χ1n) is 14.3. The van der Waals surface area contributed by atoms with Crippen molar-refractivity contribution in [3.8, 4) is 0 Å². The minimum atomic E-state index is -0.344. The monoisotopic (exact) mass is 481 g/mol. The Hall–Kier alpha value is -1.36. The Balaban J connectivity index is 4.05. The minimum absolute atomic E-state index is 0.00323. The van der Waals surface area contributed by atoms with Crippen LogP contribution in [0.4, 0.5) is 0 Å². The maximum Gasteiger partial charge on any atom is 0.320 e. The molecule has 0 heterocycles. The molecule has 0 aromatic heterocycles. The number of hydrogen-bond acceptors (Lipinski definition) is 5. The van der Waals surface area contributed by atoms with Crippen LogP contribution in [-0.2, 0) is 19.1 Å². The number of carbonyl (C=O) groups is 2. The van der Waals surface area contributed by atoms with E-state index in [-0.39, 0.29) is 37.7 Å². The predicted octanol–water partition coefficient (Wildman–Crippen LogP) is 7.67. The summed E-state index contributed by atoms with van der Waals surface area (Å²) in [5.74, 6) is -0.618. The van der Waals surface area contributed by atoms with Crippen molar-refractivity contribution in [3.05, 3.63) is 12.2 Å². The normalized spacial score (nSPS) is 12.2. The molecule has 0 saturated carbocycles. The van der Waals surface area contributed by atoms with Crippen LogP contribution < -0.4 is 5.32 Å². The lowest BCUT2D eigenvalue weighted by Gasteiger charge is -2.18. The molecule has 0 fully saturated rings. The van der Waals surface area contributed by atoms with Crippen LogP contribution in [0.15, 0.2) is 12.2 Å². The highest BCUT2D eigenvalue weighted by Gasteiger charge is 2.14. The van der Waals surface area contributed by atoms with Gasteiger partial charge in [0.05, 0.1) is 13.1 Å². The third-order valence-corrected chi connectivity index (χ3v) is 6.08. The Labute approximate surface area is 210 Å². The molecule has 1 atom stereocenters. The summed E-state index contributed by atoms with van der Waals surface area (Å²) < 4.78 is 10.9. The van der Waals surface area contributed by atoms with Crippen molar-refractivity contribution in [1.29, 1.82) is 0 Å². The lowest BCUT2D eigenvalue weighted by atomic mass is 10.0. The summed E-state index contributed by atoms with van der Waals surface area (Å²) in [4.78, 5) is 24.1. The van der Waals surface area contributed by atoms with E-state index in [0.29, 0.717) is 0 Å². The fourth-order valence-electron chi connectivity index (χ4n) is 3.95. The number of esters is 2. The van der Waals surface area contributed by atoms with E-state index in [4.69, 9.17) is 9.47 Å². The third-order valence-electron chi connectivity index (χ3n) is 6.08. The van der Waals surface area contributed by atoms with Gasteiger partial charge >= 0.3 is 11.9 Å². The molecule has 34 heavy (non-hydrogen) atoms. The summed E-state index contributed by atoms with van der Waals surface area (Å²) in [5, 5.41) is 2.87. The molecule has 1 unspecified atom stereocenters. The molecule has 5 nitrogen and oxygen atoms in total. The van der Waals surface area contributed by atoms with Gasteiger partial charge in [-0.05, 0) is 38.5 Å². The highest BCUT2D eigenvalue weighted by atomic mass is 16.5. The zero-order valence-electron chi connectivity index (χ0n) is 22.7. The van der Waals surface area contributed by atoms with Crippen LogP contribution in [0.25, 0.3) is 0 Å². The molecule has 0 amide bonds. The number of nitrogens with one attached hydrogen (secondary N) is 1. The summed E-state index contributed by atoms with van der Waals surface area (Å²) in [6.45, 7) is 7.02. The van der Waals surface area contributed by atoms with Crippen LogP contribution in [0.5, 0.6) is 0 Å². The Morgan fingerprint density at radius 2 is 1.15 bits per heavy atom. The van der Waals surface area contributed by atoms with Crippen LogP contribution in [0.2, 0.25) is 0 Å². The Kier molecular flexibility index (Phi) is 25.2. The average Bonchev–Trinajstić information content (AvgIpc) is 2.82. The van der Waals surface area contributed by atoms with Crippen LogP contribution in [0.3, 0.4) is 0 Å². The highest BCUT2D eigenvalue weighted by Crippen LogP contribution is 2.16. The number of rotatable bonds is 25. The molecule has 1 N–H and O–H groups in total. The van der Waals surface area contributed by atoms with Crippen LogP contribution >= 0.6 is 0 Å². The van der Waals surface area contributed by atoms with Gasteiger partial charge in [-0.25, -0.2) is 0 Å². The van der Waals surface area contributed by atoms with Crippen molar-refractivity contribution in [2.24, 2.45) is 0 Å². The molecule has 0 aliphatic heterocycles. The van der Waals surface area contributed by atoms with E-state index >= 15 is 0 Å². The first-order chi connectivity index (χ1) is 16.6. The minimum Gasteiger partial charge on any atom is -0.461 e. The van der Waals surface area contributed by atoms with Gasteiger partial charge < -0.3 is 9.47 Å². The molecule has 0 aliphatic carbocycles. The van der Waals surface area contributed by atoms with Gasteiger partial charge in [0.1, 0.15) is 12.7 Å². The van der Waals surface area contributed by atoms with E-state index in [9.17, 15) is 9.59 Å². The second-order valence-electron chi connectivity index (χ2n) is 9.48. The second kappa shape index (κ2) is 26.2. The lowest BCUT2D eigenvalue weighted by molar-refractivity contribution is -0.149. The average molecular weight is 482 g/mol. The Bertz CT molecular complexity index is 493. The summed E-state index contributed by atoms with van der Waals surface area (Å²) >= 11 is 0. The molecule has 200 valence electrons. The van der Waals surface area contributed by atoms with E-state index in [1.807, 2.05) is 6.08 Å². The predicted molar refractivity (Wildman–Crippen MR) is 143 cm³/mol. The van der Waals surface area contributed by atoms with Crippen molar-refractivity contribution in [3.63, 3.8) is 0 Å². The Morgan fingerprint density at radius 3 is 1.74 bits per heavy atom.